The second kappa shape index (κ2) is 5.00. The van der Waals surface area contributed by atoms with Gasteiger partial charge in [-0.3, -0.25) is 4.79 Å². The fourth-order valence-electron chi connectivity index (χ4n) is 2.02. The minimum atomic E-state index is 0.282. The Morgan fingerprint density at radius 2 is 2.06 bits per heavy atom. The molecule has 2 rings (SSSR count). The summed E-state index contributed by atoms with van der Waals surface area (Å²) in [6.45, 7) is 3.71. The summed E-state index contributed by atoms with van der Waals surface area (Å²) in [5.41, 5.74) is 2.48. The zero-order valence-corrected chi connectivity index (χ0v) is 11.0. The van der Waals surface area contributed by atoms with Crippen LogP contribution in [-0.2, 0) is 11.3 Å². The number of carbonyl (C=O) groups is 1. The predicted octanol–water partition coefficient (Wildman–Crippen LogP) is 2.74. The lowest BCUT2D eigenvalue weighted by Crippen LogP contribution is -2.24. The van der Waals surface area contributed by atoms with E-state index in [1.54, 1.807) is 0 Å². The van der Waals surface area contributed by atoms with Crippen molar-refractivity contribution in [1.82, 2.24) is 4.90 Å². The van der Waals surface area contributed by atoms with Gasteiger partial charge >= 0.3 is 0 Å². The van der Waals surface area contributed by atoms with Gasteiger partial charge < -0.3 is 4.90 Å². The van der Waals surface area contributed by atoms with Gasteiger partial charge in [0, 0.05) is 24.8 Å². The fourth-order valence-corrected chi connectivity index (χ4v) is 2.46. The molecule has 1 aromatic carbocycles. The number of benzene rings is 1. The molecule has 86 valence electrons. The third-order valence-electron chi connectivity index (χ3n) is 3.01. The van der Waals surface area contributed by atoms with Crippen molar-refractivity contribution in [3.8, 4) is 0 Å². The van der Waals surface area contributed by atoms with Crippen LogP contribution in [0.5, 0.6) is 0 Å². The van der Waals surface area contributed by atoms with E-state index in [4.69, 9.17) is 0 Å². The minimum Gasteiger partial charge on any atom is -0.338 e. The summed E-state index contributed by atoms with van der Waals surface area (Å²) >= 11 is 3.45. The van der Waals surface area contributed by atoms with E-state index >= 15 is 0 Å². The molecule has 0 aliphatic carbocycles. The minimum absolute atomic E-state index is 0.282. The van der Waals surface area contributed by atoms with Crippen molar-refractivity contribution in [2.75, 3.05) is 11.9 Å². The molecule has 1 heterocycles. The van der Waals surface area contributed by atoms with Crippen LogP contribution in [-0.4, -0.2) is 22.7 Å². The maximum absolute atomic E-state index is 11.7. The SMILES string of the molecule is Cc1ccc(CN2CC(CBr)CC2=O)cc1. The van der Waals surface area contributed by atoms with E-state index in [1.165, 1.54) is 11.1 Å². The summed E-state index contributed by atoms with van der Waals surface area (Å²) in [5.74, 6) is 0.767. The summed E-state index contributed by atoms with van der Waals surface area (Å²) in [6, 6.07) is 8.39. The maximum Gasteiger partial charge on any atom is 0.223 e. The van der Waals surface area contributed by atoms with Crippen molar-refractivity contribution in [1.29, 1.82) is 0 Å². The Hall–Kier alpha value is -0.830. The molecule has 1 aliphatic heterocycles. The van der Waals surface area contributed by atoms with Gasteiger partial charge in [-0.1, -0.05) is 45.8 Å². The van der Waals surface area contributed by atoms with Crippen molar-refractivity contribution in [2.45, 2.75) is 19.9 Å². The van der Waals surface area contributed by atoms with Gasteiger partial charge in [0.2, 0.25) is 5.91 Å². The molecule has 2 nitrogen and oxygen atoms in total. The van der Waals surface area contributed by atoms with Crippen molar-refractivity contribution >= 4 is 21.8 Å². The molecule has 1 aliphatic rings. The Balaban J connectivity index is 2.00. The molecule has 1 unspecified atom stereocenters. The lowest BCUT2D eigenvalue weighted by molar-refractivity contribution is -0.128. The lowest BCUT2D eigenvalue weighted by atomic mass is 10.1. The second-order valence-electron chi connectivity index (χ2n) is 4.48. The Morgan fingerprint density at radius 1 is 1.38 bits per heavy atom. The van der Waals surface area contributed by atoms with E-state index < -0.39 is 0 Å². The quantitative estimate of drug-likeness (QED) is 0.781. The molecule has 0 spiro atoms. The van der Waals surface area contributed by atoms with Crippen molar-refractivity contribution < 1.29 is 4.79 Å². The smallest absolute Gasteiger partial charge is 0.223 e. The van der Waals surface area contributed by atoms with Crippen LogP contribution in [0.4, 0.5) is 0 Å². The number of hydrogen-bond donors (Lipinski definition) is 0. The van der Waals surface area contributed by atoms with Gasteiger partial charge in [-0.2, -0.15) is 0 Å². The lowest BCUT2D eigenvalue weighted by Gasteiger charge is -2.16. The van der Waals surface area contributed by atoms with E-state index in [0.717, 1.165) is 18.4 Å². The monoisotopic (exact) mass is 281 g/mol. The number of amides is 1. The van der Waals surface area contributed by atoms with Crippen molar-refractivity contribution in [2.24, 2.45) is 5.92 Å². The fraction of sp³-hybridized carbons (Fsp3) is 0.462. The molecule has 1 amide bonds. The summed E-state index contributed by atoms with van der Waals surface area (Å²) in [4.78, 5) is 13.7. The molecular formula is C13H16BrNO. The Kier molecular flexibility index (Phi) is 3.64. The molecule has 1 saturated heterocycles. The highest BCUT2D eigenvalue weighted by molar-refractivity contribution is 9.09. The van der Waals surface area contributed by atoms with E-state index in [-0.39, 0.29) is 5.91 Å². The first-order valence-corrected chi connectivity index (χ1v) is 6.70. The Morgan fingerprint density at radius 3 is 2.62 bits per heavy atom. The first-order chi connectivity index (χ1) is 7.69. The molecule has 0 saturated carbocycles. The van der Waals surface area contributed by atoms with Crippen molar-refractivity contribution in [3.05, 3.63) is 35.4 Å². The number of nitrogens with zero attached hydrogens (tertiary/aromatic N) is 1. The van der Waals surface area contributed by atoms with Crippen molar-refractivity contribution in [3.63, 3.8) is 0 Å². The van der Waals surface area contributed by atoms with Crippen LogP contribution in [0, 0.1) is 12.8 Å². The van der Waals surface area contributed by atoms with Gasteiger partial charge in [0.15, 0.2) is 0 Å². The van der Waals surface area contributed by atoms with Gasteiger partial charge in [-0.05, 0) is 18.4 Å². The molecule has 0 aromatic heterocycles. The number of halogens is 1. The molecule has 1 fully saturated rings. The number of hydrogen-bond acceptors (Lipinski definition) is 1. The molecular weight excluding hydrogens is 266 g/mol. The summed E-state index contributed by atoms with van der Waals surface area (Å²) in [5, 5.41) is 0.920. The maximum atomic E-state index is 11.7. The average molecular weight is 282 g/mol. The van der Waals surface area contributed by atoms with Crippen LogP contribution in [0.3, 0.4) is 0 Å². The number of alkyl halides is 1. The highest BCUT2D eigenvalue weighted by Gasteiger charge is 2.28. The summed E-state index contributed by atoms with van der Waals surface area (Å²) in [7, 11) is 0. The highest BCUT2D eigenvalue weighted by Crippen LogP contribution is 2.21. The van der Waals surface area contributed by atoms with E-state index in [0.29, 0.717) is 12.3 Å². The zero-order chi connectivity index (χ0) is 11.5. The van der Waals surface area contributed by atoms with E-state index in [9.17, 15) is 4.79 Å². The van der Waals surface area contributed by atoms with E-state index in [2.05, 4.69) is 47.1 Å². The first-order valence-electron chi connectivity index (χ1n) is 5.58. The van der Waals surface area contributed by atoms with Crippen LogP contribution in [0.15, 0.2) is 24.3 Å². The topological polar surface area (TPSA) is 20.3 Å². The molecule has 0 bridgehead atoms. The van der Waals surface area contributed by atoms with Crippen LogP contribution in [0.25, 0.3) is 0 Å². The van der Waals surface area contributed by atoms with Gasteiger partial charge in [-0.25, -0.2) is 0 Å². The summed E-state index contributed by atoms with van der Waals surface area (Å²) < 4.78 is 0. The Bertz CT molecular complexity index is 374. The number of likely N-dealkylation sites (tertiary alicyclic amines) is 1. The van der Waals surface area contributed by atoms with E-state index in [1.807, 2.05) is 4.90 Å². The standard InChI is InChI=1S/C13H16BrNO/c1-10-2-4-11(5-3-10)8-15-9-12(7-14)6-13(15)16/h2-5,12H,6-9H2,1H3. The zero-order valence-electron chi connectivity index (χ0n) is 9.45. The highest BCUT2D eigenvalue weighted by atomic mass is 79.9. The number of carbonyl (C=O) groups excluding carboxylic acids is 1. The average Bonchev–Trinajstić information content (AvgIpc) is 2.63. The summed E-state index contributed by atoms with van der Waals surface area (Å²) in [6.07, 6.45) is 0.692. The first kappa shape index (κ1) is 11.6. The molecule has 1 aromatic rings. The van der Waals surface area contributed by atoms with Crippen LogP contribution in [0.1, 0.15) is 17.5 Å². The largest absolute Gasteiger partial charge is 0.338 e. The normalized spacial score (nSPS) is 20.5. The number of rotatable bonds is 3. The van der Waals surface area contributed by atoms with Gasteiger partial charge in [0.05, 0.1) is 0 Å². The van der Waals surface area contributed by atoms with Gasteiger partial charge in [-0.15, -0.1) is 0 Å². The van der Waals surface area contributed by atoms with Crippen LogP contribution in [0.2, 0.25) is 0 Å². The Labute approximate surface area is 105 Å². The van der Waals surface area contributed by atoms with Crippen LogP contribution < -0.4 is 0 Å². The molecule has 16 heavy (non-hydrogen) atoms. The van der Waals surface area contributed by atoms with Crippen LogP contribution >= 0.6 is 15.9 Å². The third kappa shape index (κ3) is 2.64. The molecule has 3 heteroatoms. The number of aryl methyl sites for hydroxylation is 1. The van der Waals surface area contributed by atoms with Gasteiger partial charge in [0.25, 0.3) is 0 Å². The second-order valence-corrected chi connectivity index (χ2v) is 5.13. The molecule has 0 N–H and O–H groups in total. The molecule has 0 radical (unpaired) electrons. The van der Waals surface area contributed by atoms with Gasteiger partial charge in [0.1, 0.15) is 0 Å². The predicted molar refractivity (Wildman–Crippen MR) is 68.5 cm³/mol. The third-order valence-corrected chi connectivity index (χ3v) is 3.92. The molecule has 1 atom stereocenters.